The molecule has 0 N–H and O–H groups in total. The van der Waals surface area contributed by atoms with E-state index in [9.17, 15) is 4.79 Å². The largest absolute Gasteiger partial charge is 0.456 e. The van der Waals surface area contributed by atoms with Crippen LogP contribution in [0.4, 0.5) is 0 Å². The number of ether oxygens (including phenoxy) is 1. The van der Waals surface area contributed by atoms with E-state index in [2.05, 4.69) is 13.0 Å². The number of carbonyl (C=O) groups is 1. The van der Waals surface area contributed by atoms with Crippen molar-refractivity contribution in [3.05, 3.63) is 60.2 Å². The normalized spacial score (nSPS) is 17.0. The van der Waals surface area contributed by atoms with Crippen LogP contribution < -0.4 is 0 Å². The summed E-state index contributed by atoms with van der Waals surface area (Å²) in [7, 11) is 0. The fraction of sp³-hybridized carbons (Fsp3) is 0.350. The maximum atomic E-state index is 12.3. The Balaban J connectivity index is 1.71. The van der Waals surface area contributed by atoms with Crippen LogP contribution >= 0.6 is 0 Å². The van der Waals surface area contributed by atoms with Gasteiger partial charge < -0.3 is 4.74 Å². The molecule has 2 heteroatoms. The maximum absolute atomic E-state index is 12.3. The summed E-state index contributed by atoms with van der Waals surface area (Å²) >= 11 is 0. The zero-order valence-electron chi connectivity index (χ0n) is 13.0. The third kappa shape index (κ3) is 3.38. The van der Waals surface area contributed by atoms with Crippen LogP contribution in [0.1, 0.15) is 49.4 Å². The van der Waals surface area contributed by atoms with Crippen LogP contribution in [0.2, 0.25) is 0 Å². The molecule has 0 saturated heterocycles. The minimum absolute atomic E-state index is 0.211. The smallest absolute Gasteiger partial charge is 0.338 e. The van der Waals surface area contributed by atoms with E-state index in [1.807, 2.05) is 48.5 Å². The number of carbonyl (C=O) groups excluding carboxylic acids is 1. The average Bonchev–Trinajstić information content (AvgIpc) is 2.56. The molecule has 2 nitrogen and oxygen atoms in total. The van der Waals surface area contributed by atoms with Crippen molar-refractivity contribution in [2.75, 3.05) is 0 Å². The van der Waals surface area contributed by atoms with Gasteiger partial charge in [-0.2, -0.15) is 0 Å². The monoisotopic (exact) mass is 293 g/mol. The fourth-order valence-corrected chi connectivity index (χ4v) is 3.06. The maximum Gasteiger partial charge on any atom is 0.338 e. The molecule has 2 aromatic rings. The van der Waals surface area contributed by atoms with Gasteiger partial charge in [-0.1, -0.05) is 42.8 Å². The van der Waals surface area contributed by atoms with Crippen LogP contribution in [-0.2, 0) is 4.74 Å². The number of benzene rings is 2. The van der Waals surface area contributed by atoms with Crippen LogP contribution in [-0.4, -0.2) is 11.6 Å². The molecule has 0 heterocycles. The van der Waals surface area contributed by atoms with E-state index in [0.717, 1.165) is 36.8 Å². The Kier molecular flexibility index (Phi) is 4.28. The summed E-state index contributed by atoms with van der Waals surface area (Å²) in [4.78, 5) is 12.3. The highest BCUT2D eigenvalue weighted by Gasteiger charge is 2.31. The summed E-state index contributed by atoms with van der Waals surface area (Å²) in [6.45, 7) is 2.05. The molecule has 1 aliphatic carbocycles. The summed E-state index contributed by atoms with van der Waals surface area (Å²) in [6, 6.07) is 18.4. The van der Waals surface area contributed by atoms with Gasteiger partial charge in [0.25, 0.3) is 0 Å². The van der Waals surface area contributed by atoms with Gasteiger partial charge in [-0.25, -0.2) is 4.79 Å². The second-order valence-electron chi connectivity index (χ2n) is 6.27. The first-order chi connectivity index (χ1) is 10.7. The van der Waals surface area contributed by atoms with Crippen LogP contribution in [0.5, 0.6) is 0 Å². The summed E-state index contributed by atoms with van der Waals surface area (Å²) in [5, 5.41) is 0. The van der Waals surface area contributed by atoms with Gasteiger partial charge in [-0.3, -0.25) is 0 Å². The zero-order valence-corrected chi connectivity index (χ0v) is 13.0. The predicted molar refractivity (Wildman–Crippen MR) is 87.6 cm³/mol. The SMILES string of the molecule is CC1(OC(=O)c2ccc(-c3cc[c]cc3)cc2)CCCCC1. The van der Waals surface area contributed by atoms with E-state index in [4.69, 9.17) is 4.74 Å². The van der Waals surface area contributed by atoms with Crippen LogP contribution in [0.3, 0.4) is 0 Å². The molecule has 22 heavy (non-hydrogen) atoms. The van der Waals surface area contributed by atoms with Gasteiger partial charge in [0.15, 0.2) is 0 Å². The van der Waals surface area contributed by atoms with Gasteiger partial charge in [0.2, 0.25) is 0 Å². The Hall–Kier alpha value is -2.09. The Morgan fingerprint density at radius 1 is 0.955 bits per heavy atom. The van der Waals surface area contributed by atoms with E-state index < -0.39 is 0 Å². The minimum Gasteiger partial charge on any atom is -0.456 e. The van der Waals surface area contributed by atoms with Crippen molar-refractivity contribution in [2.45, 2.75) is 44.6 Å². The van der Waals surface area contributed by atoms with E-state index in [0.29, 0.717) is 5.56 Å². The Morgan fingerprint density at radius 2 is 1.55 bits per heavy atom. The molecule has 0 aliphatic heterocycles. The Morgan fingerprint density at radius 3 is 2.18 bits per heavy atom. The summed E-state index contributed by atoms with van der Waals surface area (Å²) in [5.41, 5.74) is 2.55. The first-order valence-electron chi connectivity index (χ1n) is 7.96. The van der Waals surface area contributed by atoms with Crippen molar-refractivity contribution < 1.29 is 9.53 Å². The molecule has 0 atom stereocenters. The lowest BCUT2D eigenvalue weighted by Crippen LogP contribution is -2.33. The van der Waals surface area contributed by atoms with Crippen molar-refractivity contribution in [1.29, 1.82) is 0 Å². The van der Waals surface area contributed by atoms with Gasteiger partial charge in [0.1, 0.15) is 5.60 Å². The van der Waals surface area contributed by atoms with Crippen molar-refractivity contribution in [2.24, 2.45) is 0 Å². The molecule has 2 aromatic carbocycles. The molecule has 1 fully saturated rings. The Bertz CT molecular complexity index is 623. The molecule has 0 spiro atoms. The highest BCUT2D eigenvalue weighted by atomic mass is 16.6. The number of hydrogen-bond acceptors (Lipinski definition) is 2. The van der Waals surface area contributed by atoms with Crippen molar-refractivity contribution in [3.63, 3.8) is 0 Å². The molecule has 0 aromatic heterocycles. The van der Waals surface area contributed by atoms with Crippen molar-refractivity contribution in [3.8, 4) is 11.1 Å². The molecule has 0 bridgehead atoms. The number of esters is 1. The van der Waals surface area contributed by atoms with Gasteiger partial charge in [0.05, 0.1) is 5.56 Å². The van der Waals surface area contributed by atoms with Crippen molar-refractivity contribution in [1.82, 2.24) is 0 Å². The van der Waals surface area contributed by atoms with E-state index in [1.165, 1.54) is 6.42 Å². The number of hydrogen-bond donors (Lipinski definition) is 0. The molecule has 1 aliphatic rings. The van der Waals surface area contributed by atoms with Gasteiger partial charge in [-0.15, -0.1) is 0 Å². The van der Waals surface area contributed by atoms with E-state index >= 15 is 0 Å². The first-order valence-corrected chi connectivity index (χ1v) is 7.96. The number of rotatable bonds is 3. The molecule has 1 saturated carbocycles. The lowest BCUT2D eigenvalue weighted by Gasteiger charge is -2.33. The summed E-state index contributed by atoms with van der Waals surface area (Å²) in [6.07, 6.45) is 5.48. The topological polar surface area (TPSA) is 26.3 Å². The van der Waals surface area contributed by atoms with E-state index in [-0.39, 0.29) is 11.6 Å². The zero-order chi connectivity index (χ0) is 15.4. The Labute approximate surface area is 132 Å². The molecule has 113 valence electrons. The molecular formula is C20H21O2. The standard InChI is InChI=1S/C20H21O2/c1-20(14-6-3-7-15-20)22-19(21)18-12-10-17(11-13-18)16-8-4-2-5-9-16/h4-5,8-13H,3,6-7,14-15H2,1H3. The highest BCUT2D eigenvalue weighted by molar-refractivity contribution is 5.90. The highest BCUT2D eigenvalue weighted by Crippen LogP contribution is 2.32. The van der Waals surface area contributed by atoms with E-state index in [1.54, 1.807) is 0 Å². The van der Waals surface area contributed by atoms with Gasteiger partial charge in [-0.05, 0) is 61.9 Å². The van der Waals surface area contributed by atoms with Gasteiger partial charge in [0, 0.05) is 0 Å². The lowest BCUT2D eigenvalue weighted by atomic mass is 9.86. The average molecular weight is 293 g/mol. The summed E-state index contributed by atoms with van der Waals surface area (Å²) in [5.74, 6) is -0.211. The molecule has 0 amide bonds. The third-order valence-electron chi connectivity index (χ3n) is 4.42. The van der Waals surface area contributed by atoms with Crippen LogP contribution in [0.15, 0.2) is 48.5 Å². The second kappa shape index (κ2) is 6.35. The molecule has 3 rings (SSSR count). The van der Waals surface area contributed by atoms with Crippen LogP contribution in [0, 0.1) is 6.07 Å². The lowest BCUT2D eigenvalue weighted by molar-refractivity contribution is -0.0269. The van der Waals surface area contributed by atoms with Crippen molar-refractivity contribution >= 4 is 5.97 Å². The second-order valence-corrected chi connectivity index (χ2v) is 6.27. The molecule has 0 unspecified atom stereocenters. The van der Waals surface area contributed by atoms with Crippen LogP contribution in [0.25, 0.3) is 11.1 Å². The fourth-order valence-electron chi connectivity index (χ4n) is 3.06. The molecular weight excluding hydrogens is 272 g/mol. The summed E-state index contributed by atoms with van der Waals surface area (Å²) < 4.78 is 5.77. The first kappa shape index (κ1) is 14.8. The van der Waals surface area contributed by atoms with Gasteiger partial charge >= 0.3 is 5.97 Å². The quantitative estimate of drug-likeness (QED) is 0.742. The molecule has 1 radical (unpaired) electrons. The third-order valence-corrected chi connectivity index (χ3v) is 4.42. The predicted octanol–water partition coefficient (Wildman–Crippen LogP) is 5.03. The minimum atomic E-state index is -0.288.